The minimum absolute atomic E-state index is 0.0326. The van der Waals surface area contributed by atoms with Gasteiger partial charge in [-0.3, -0.25) is 0 Å². The van der Waals surface area contributed by atoms with Crippen molar-refractivity contribution in [2.75, 3.05) is 4.43 Å². The van der Waals surface area contributed by atoms with Crippen LogP contribution in [0.25, 0.3) is 0 Å². The quantitative estimate of drug-likeness (QED) is 0.126. The second-order valence-electron chi connectivity index (χ2n) is 12.2. The third-order valence-corrected chi connectivity index (χ3v) is 8.98. The standard InChI is InChI=1S/C33H47F2IO/c1-6-7-8-18-31(4)21-26(3)12-17-30(24-31)37-33(34,35)29-16-15-28(27-13-10-25(2)11-14-27)22-32(5,23-29)19-9-20-36/h12,15-17,21-25,27H,6-11,13-14,18-20H2,1-5H3. The second-order valence-corrected chi connectivity index (χ2v) is 13.3. The zero-order valence-electron chi connectivity index (χ0n) is 23.6. The van der Waals surface area contributed by atoms with Crippen LogP contribution in [0.1, 0.15) is 98.8 Å². The highest BCUT2D eigenvalue weighted by Gasteiger charge is 2.40. The molecule has 0 spiro atoms. The summed E-state index contributed by atoms with van der Waals surface area (Å²) in [5.41, 5.74) is 1.54. The van der Waals surface area contributed by atoms with Crippen molar-refractivity contribution >= 4 is 22.6 Å². The Balaban J connectivity index is 1.88. The van der Waals surface area contributed by atoms with E-state index in [0.29, 0.717) is 5.92 Å². The van der Waals surface area contributed by atoms with Crippen LogP contribution in [0.2, 0.25) is 0 Å². The molecule has 2 atom stereocenters. The number of allylic oxidation sites excluding steroid dienone is 9. The number of unbranched alkanes of at least 4 members (excludes halogenated alkanes) is 2. The zero-order chi connectivity index (χ0) is 27.1. The molecule has 0 amide bonds. The molecule has 37 heavy (non-hydrogen) atoms. The Bertz CT molecular complexity index is 961. The van der Waals surface area contributed by atoms with E-state index in [1.54, 1.807) is 18.2 Å². The summed E-state index contributed by atoms with van der Waals surface area (Å²) in [7, 11) is 0. The summed E-state index contributed by atoms with van der Waals surface area (Å²) in [5.74, 6) is 1.47. The zero-order valence-corrected chi connectivity index (χ0v) is 25.8. The maximum absolute atomic E-state index is 15.9. The topological polar surface area (TPSA) is 9.23 Å². The van der Waals surface area contributed by atoms with E-state index in [0.717, 1.165) is 67.3 Å². The molecule has 0 saturated heterocycles. The van der Waals surface area contributed by atoms with Crippen molar-refractivity contribution in [3.8, 4) is 0 Å². The van der Waals surface area contributed by atoms with E-state index in [9.17, 15) is 0 Å². The Hall–Kier alpha value is -1.17. The van der Waals surface area contributed by atoms with Gasteiger partial charge in [0.15, 0.2) is 0 Å². The first-order valence-corrected chi connectivity index (χ1v) is 15.9. The average molecular weight is 625 g/mol. The molecule has 3 aliphatic carbocycles. The molecule has 0 radical (unpaired) electrons. The van der Waals surface area contributed by atoms with Crippen LogP contribution in [0.3, 0.4) is 0 Å². The molecule has 3 aliphatic rings. The molecule has 0 aliphatic heterocycles. The van der Waals surface area contributed by atoms with Gasteiger partial charge in [0.25, 0.3) is 0 Å². The molecule has 0 aromatic carbocycles. The molecule has 0 bridgehead atoms. The fraction of sp³-hybridized carbons (Fsp3) is 0.636. The van der Waals surface area contributed by atoms with Crippen molar-refractivity contribution in [3.05, 3.63) is 71.1 Å². The monoisotopic (exact) mass is 624 g/mol. The SMILES string of the molecule is CCCCCC1(C)C=C(C)C=CC(OC(F)(F)C2=CC(C)(CCCI)C=C(C3CCC(C)CC3)C=C2)=C1. The summed E-state index contributed by atoms with van der Waals surface area (Å²) in [5, 5.41) is 0. The fourth-order valence-corrected chi connectivity index (χ4v) is 6.43. The summed E-state index contributed by atoms with van der Waals surface area (Å²) < 4.78 is 38.4. The van der Waals surface area contributed by atoms with E-state index in [1.807, 2.05) is 25.2 Å². The highest BCUT2D eigenvalue weighted by molar-refractivity contribution is 14.1. The highest BCUT2D eigenvalue weighted by Crippen LogP contribution is 2.43. The van der Waals surface area contributed by atoms with Gasteiger partial charge in [-0.1, -0.05) is 118 Å². The summed E-state index contributed by atoms with van der Waals surface area (Å²) in [6.07, 6.45) is 22.7. The van der Waals surface area contributed by atoms with Gasteiger partial charge in [0, 0.05) is 10.8 Å². The van der Waals surface area contributed by atoms with Crippen LogP contribution in [-0.2, 0) is 4.74 Å². The lowest BCUT2D eigenvalue weighted by molar-refractivity contribution is -0.177. The lowest BCUT2D eigenvalue weighted by Gasteiger charge is -2.30. The van der Waals surface area contributed by atoms with E-state index >= 15 is 8.78 Å². The van der Waals surface area contributed by atoms with Crippen molar-refractivity contribution in [2.45, 2.75) is 105 Å². The Kier molecular flexibility index (Phi) is 10.9. The van der Waals surface area contributed by atoms with Gasteiger partial charge in [0.1, 0.15) is 5.76 Å². The van der Waals surface area contributed by atoms with Gasteiger partial charge in [-0.25, -0.2) is 0 Å². The molecule has 0 aromatic rings. The predicted molar refractivity (Wildman–Crippen MR) is 162 cm³/mol. The summed E-state index contributed by atoms with van der Waals surface area (Å²) in [6.45, 7) is 10.8. The van der Waals surface area contributed by atoms with E-state index in [2.05, 4.69) is 62.4 Å². The van der Waals surface area contributed by atoms with Crippen LogP contribution in [0.15, 0.2) is 71.1 Å². The van der Waals surface area contributed by atoms with Crippen LogP contribution >= 0.6 is 22.6 Å². The molecule has 0 aromatic heterocycles. The first kappa shape index (κ1) is 30.4. The lowest BCUT2D eigenvalue weighted by Crippen LogP contribution is -2.25. The van der Waals surface area contributed by atoms with E-state index < -0.39 is 11.5 Å². The van der Waals surface area contributed by atoms with Crippen LogP contribution in [0.5, 0.6) is 0 Å². The maximum Gasteiger partial charge on any atom is 0.426 e. The van der Waals surface area contributed by atoms with E-state index in [4.69, 9.17) is 4.74 Å². The molecule has 1 fully saturated rings. The Morgan fingerprint density at radius 1 is 0.892 bits per heavy atom. The van der Waals surface area contributed by atoms with Crippen LogP contribution in [0.4, 0.5) is 8.78 Å². The van der Waals surface area contributed by atoms with Crippen molar-refractivity contribution < 1.29 is 13.5 Å². The molecular formula is C33H47F2IO. The van der Waals surface area contributed by atoms with Gasteiger partial charge < -0.3 is 4.74 Å². The van der Waals surface area contributed by atoms with Gasteiger partial charge in [0.2, 0.25) is 0 Å². The smallest absolute Gasteiger partial charge is 0.426 e. The number of rotatable bonds is 11. The highest BCUT2D eigenvalue weighted by atomic mass is 127. The number of halogens is 3. The fourth-order valence-electron chi connectivity index (χ4n) is 6.05. The molecule has 4 heteroatoms. The van der Waals surface area contributed by atoms with Crippen molar-refractivity contribution in [2.24, 2.45) is 22.7 Å². The van der Waals surface area contributed by atoms with Crippen LogP contribution in [-0.4, -0.2) is 10.5 Å². The molecular weight excluding hydrogens is 577 g/mol. The molecule has 206 valence electrons. The molecule has 1 nitrogen and oxygen atoms in total. The third-order valence-electron chi connectivity index (χ3n) is 8.21. The summed E-state index contributed by atoms with van der Waals surface area (Å²) in [6, 6.07) is 0. The Labute approximate surface area is 238 Å². The number of hydrogen-bond acceptors (Lipinski definition) is 1. The van der Waals surface area contributed by atoms with Crippen molar-refractivity contribution in [1.82, 2.24) is 0 Å². The Morgan fingerprint density at radius 2 is 1.57 bits per heavy atom. The minimum Gasteiger partial charge on any atom is -0.429 e. The van der Waals surface area contributed by atoms with Crippen molar-refractivity contribution in [1.29, 1.82) is 0 Å². The lowest BCUT2D eigenvalue weighted by atomic mass is 9.76. The van der Waals surface area contributed by atoms with Crippen molar-refractivity contribution in [3.63, 3.8) is 0 Å². The normalized spacial score (nSPS) is 30.6. The molecule has 2 unspecified atom stereocenters. The van der Waals surface area contributed by atoms with Crippen LogP contribution in [0, 0.1) is 22.7 Å². The van der Waals surface area contributed by atoms with Gasteiger partial charge in [-0.2, -0.15) is 8.78 Å². The average Bonchev–Trinajstić information content (AvgIpc) is 3.10. The number of alkyl halides is 3. The third kappa shape index (κ3) is 8.93. The van der Waals surface area contributed by atoms with Crippen LogP contribution < -0.4 is 0 Å². The Morgan fingerprint density at radius 3 is 2.24 bits per heavy atom. The minimum atomic E-state index is -3.41. The number of hydrogen-bond donors (Lipinski definition) is 0. The van der Waals surface area contributed by atoms with Gasteiger partial charge in [-0.15, -0.1) is 0 Å². The molecule has 3 rings (SSSR count). The van der Waals surface area contributed by atoms with Gasteiger partial charge >= 0.3 is 6.11 Å². The molecule has 0 heterocycles. The number of ether oxygens (including phenoxy) is 1. The van der Waals surface area contributed by atoms with Gasteiger partial charge in [0.05, 0.1) is 5.57 Å². The summed E-state index contributed by atoms with van der Waals surface area (Å²) >= 11 is 2.38. The second kappa shape index (κ2) is 13.3. The largest absolute Gasteiger partial charge is 0.429 e. The molecule has 1 saturated carbocycles. The predicted octanol–water partition coefficient (Wildman–Crippen LogP) is 11.1. The first-order valence-electron chi connectivity index (χ1n) is 14.3. The van der Waals surface area contributed by atoms with E-state index in [-0.39, 0.29) is 16.7 Å². The maximum atomic E-state index is 15.9. The molecule has 0 N–H and O–H groups in total. The van der Waals surface area contributed by atoms with Gasteiger partial charge in [-0.05, 0) is 79.1 Å². The van der Waals surface area contributed by atoms with E-state index in [1.165, 1.54) is 18.4 Å². The summed E-state index contributed by atoms with van der Waals surface area (Å²) in [4.78, 5) is 0. The first-order chi connectivity index (χ1) is 17.5.